The maximum Gasteiger partial charge on any atom is 0.122 e. The van der Waals surface area contributed by atoms with Gasteiger partial charge in [0.2, 0.25) is 0 Å². The molecule has 0 saturated heterocycles. The van der Waals surface area contributed by atoms with Crippen LogP contribution in [0.15, 0.2) is 34.1 Å². The van der Waals surface area contributed by atoms with Crippen LogP contribution < -0.4 is 4.74 Å². The van der Waals surface area contributed by atoms with E-state index in [4.69, 9.17) is 4.74 Å². The lowest BCUT2D eigenvalue weighted by molar-refractivity contribution is 0.0602. The van der Waals surface area contributed by atoms with E-state index in [2.05, 4.69) is 15.9 Å². The van der Waals surface area contributed by atoms with Gasteiger partial charge in [-0.2, -0.15) is 0 Å². The van der Waals surface area contributed by atoms with Crippen molar-refractivity contribution in [1.29, 1.82) is 0 Å². The van der Waals surface area contributed by atoms with E-state index in [1.807, 2.05) is 43.5 Å². The molecule has 1 aromatic heterocycles. The molecule has 1 atom stereocenters. The van der Waals surface area contributed by atoms with Crippen molar-refractivity contribution in [3.63, 3.8) is 0 Å². The van der Waals surface area contributed by atoms with Gasteiger partial charge in [0.25, 0.3) is 0 Å². The Morgan fingerprint density at radius 1 is 1.37 bits per heavy atom. The Morgan fingerprint density at radius 3 is 2.68 bits per heavy atom. The summed E-state index contributed by atoms with van der Waals surface area (Å²) in [5.41, 5.74) is 1.24. The van der Waals surface area contributed by atoms with Crippen LogP contribution >= 0.6 is 27.3 Å². The number of benzene rings is 1. The maximum absolute atomic E-state index is 10.8. The number of rotatable bonds is 4. The molecule has 0 bridgehead atoms. The van der Waals surface area contributed by atoms with Crippen LogP contribution in [0.25, 0.3) is 0 Å². The standard InChI is InChI=1S/C15H17BrO2S/c1-10-6-7-19-14(10)15(2,17)9-11-8-12(16)4-5-13(11)18-3/h4-8,17H,9H2,1-3H3. The molecule has 0 radical (unpaired) electrons. The number of hydrogen-bond acceptors (Lipinski definition) is 3. The minimum atomic E-state index is -0.883. The van der Waals surface area contributed by atoms with Gasteiger partial charge >= 0.3 is 0 Å². The van der Waals surface area contributed by atoms with Crippen LogP contribution in [0, 0.1) is 6.92 Å². The molecule has 2 aromatic rings. The predicted molar refractivity (Wildman–Crippen MR) is 83.0 cm³/mol. The van der Waals surface area contributed by atoms with Crippen LogP contribution in [0.3, 0.4) is 0 Å². The molecule has 1 unspecified atom stereocenters. The fourth-order valence-corrected chi connectivity index (χ4v) is 3.66. The molecule has 4 heteroatoms. The molecule has 0 spiro atoms. The largest absolute Gasteiger partial charge is 0.496 e. The highest BCUT2D eigenvalue weighted by Crippen LogP contribution is 2.35. The van der Waals surface area contributed by atoms with E-state index in [-0.39, 0.29) is 0 Å². The first-order chi connectivity index (χ1) is 8.94. The second-order valence-corrected chi connectivity index (χ2v) is 6.67. The van der Waals surface area contributed by atoms with Gasteiger partial charge in [-0.25, -0.2) is 0 Å². The zero-order valence-electron chi connectivity index (χ0n) is 11.2. The fraction of sp³-hybridized carbons (Fsp3) is 0.333. The Kier molecular flexibility index (Phi) is 4.33. The number of ether oxygens (including phenoxy) is 1. The molecule has 1 heterocycles. The van der Waals surface area contributed by atoms with Gasteiger partial charge in [0.1, 0.15) is 11.4 Å². The summed E-state index contributed by atoms with van der Waals surface area (Å²) in [6.07, 6.45) is 0.525. The Bertz CT molecular complexity index is 575. The summed E-state index contributed by atoms with van der Waals surface area (Å²) in [5, 5.41) is 12.8. The van der Waals surface area contributed by atoms with Gasteiger partial charge < -0.3 is 9.84 Å². The van der Waals surface area contributed by atoms with Crippen LogP contribution in [0.2, 0.25) is 0 Å². The van der Waals surface area contributed by atoms with Crippen molar-refractivity contribution >= 4 is 27.3 Å². The Labute approximate surface area is 126 Å². The maximum atomic E-state index is 10.8. The predicted octanol–water partition coefficient (Wildman–Crippen LogP) is 4.28. The molecule has 0 saturated carbocycles. The highest BCUT2D eigenvalue weighted by Gasteiger charge is 2.28. The topological polar surface area (TPSA) is 29.5 Å². The molecule has 0 aliphatic carbocycles. The minimum absolute atomic E-state index is 0.525. The summed E-state index contributed by atoms with van der Waals surface area (Å²) in [6, 6.07) is 7.88. The van der Waals surface area contributed by atoms with Gasteiger partial charge in [0.05, 0.1) is 7.11 Å². The summed E-state index contributed by atoms with van der Waals surface area (Å²) in [4.78, 5) is 1.01. The lowest BCUT2D eigenvalue weighted by Crippen LogP contribution is -2.24. The summed E-state index contributed by atoms with van der Waals surface area (Å²) in [6.45, 7) is 3.88. The second kappa shape index (κ2) is 5.65. The third-order valence-corrected chi connectivity index (χ3v) is 4.89. The molecular formula is C15H17BrO2S. The van der Waals surface area contributed by atoms with Gasteiger partial charge in [0, 0.05) is 15.8 Å². The second-order valence-electron chi connectivity index (χ2n) is 4.84. The van der Waals surface area contributed by atoms with Gasteiger partial charge in [-0.15, -0.1) is 11.3 Å². The zero-order chi connectivity index (χ0) is 14.0. The summed E-state index contributed by atoms with van der Waals surface area (Å²) in [5.74, 6) is 0.803. The van der Waals surface area contributed by atoms with E-state index in [1.165, 1.54) is 0 Å². The fourth-order valence-electron chi connectivity index (χ4n) is 2.26. The van der Waals surface area contributed by atoms with Crippen LogP contribution in [-0.2, 0) is 12.0 Å². The minimum Gasteiger partial charge on any atom is -0.496 e. The molecular weight excluding hydrogens is 324 g/mol. The number of aliphatic hydroxyl groups is 1. The van der Waals surface area contributed by atoms with E-state index in [1.54, 1.807) is 18.4 Å². The first kappa shape index (κ1) is 14.6. The molecule has 102 valence electrons. The molecule has 19 heavy (non-hydrogen) atoms. The molecule has 0 aliphatic heterocycles. The smallest absolute Gasteiger partial charge is 0.122 e. The lowest BCUT2D eigenvalue weighted by Gasteiger charge is -2.24. The number of halogens is 1. The van der Waals surface area contributed by atoms with Crippen molar-refractivity contribution in [2.75, 3.05) is 7.11 Å². The highest BCUT2D eigenvalue weighted by molar-refractivity contribution is 9.10. The van der Waals surface area contributed by atoms with Crippen LogP contribution in [0.4, 0.5) is 0 Å². The lowest BCUT2D eigenvalue weighted by atomic mass is 9.92. The summed E-state index contributed by atoms with van der Waals surface area (Å²) >= 11 is 5.05. The first-order valence-electron chi connectivity index (χ1n) is 6.03. The summed E-state index contributed by atoms with van der Waals surface area (Å²) in [7, 11) is 1.65. The molecule has 0 fully saturated rings. The van der Waals surface area contributed by atoms with Crippen molar-refractivity contribution in [2.45, 2.75) is 25.9 Å². The number of thiophene rings is 1. The van der Waals surface area contributed by atoms with Gasteiger partial charge in [0.15, 0.2) is 0 Å². The zero-order valence-corrected chi connectivity index (χ0v) is 13.6. The van der Waals surface area contributed by atoms with Crippen LogP contribution in [0.1, 0.15) is 22.9 Å². The Balaban J connectivity index is 2.35. The Morgan fingerprint density at radius 2 is 2.11 bits per heavy atom. The van der Waals surface area contributed by atoms with Crippen LogP contribution in [-0.4, -0.2) is 12.2 Å². The van der Waals surface area contributed by atoms with E-state index in [9.17, 15) is 5.11 Å². The molecule has 0 aliphatic rings. The number of hydrogen-bond donors (Lipinski definition) is 1. The highest BCUT2D eigenvalue weighted by atomic mass is 79.9. The molecule has 0 amide bonds. The molecule has 2 nitrogen and oxygen atoms in total. The van der Waals surface area contributed by atoms with Crippen LogP contribution in [0.5, 0.6) is 5.75 Å². The van der Waals surface area contributed by atoms with Gasteiger partial charge in [-0.3, -0.25) is 0 Å². The third kappa shape index (κ3) is 3.19. The van der Waals surface area contributed by atoms with Crippen molar-refractivity contribution in [3.05, 3.63) is 50.1 Å². The average Bonchev–Trinajstić information content (AvgIpc) is 2.76. The van der Waals surface area contributed by atoms with Crippen molar-refractivity contribution in [1.82, 2.24) is 0 Å². The van der Waals surface area contributed by atoms with Gasteiger partial charge in [-0.05, 0) is 54.6 Å². The average molecular weight is 341 g/mol. The molecule has 1 aromatic carbocycles. The Hall–Kier alpha value is -0.840. The van der Waals surface area contributed by atoms with E-state index in [0.29, 0.717) is 6.42 Å². The summed E-state index contributed by atoms with van der Waals surface area (Å²) < 4.78 is 6.35. The van der Waals surface area contributed by atoms with E-state index < -0.39 is 5.60 Å². The normalized spacial score (nSPS) is 14.2. The number of methoxy groups -OCH3 is 1. The first-order valence-corrected chi connectivity index (χ1v) is 7.70. The quantitative estimate of drug-likeness (QED) is 0.900. The van der Waals surface area contributed by atoms with Crippen molar-refractivity contribution in [2.24, 2.45) is 0 Å². The SMILES string of the molecule is COc1ccc(Br)cc1CC(C)(O)c1sccc1C. The van der Waals surface area contributed by atoms with E-state index >= 15 is 0 Å². The monoisotopic (exact) mass is 340 g/mol. The van der Waals surface area contributed by atoms with Crippen molar-refractivity contribution in [3.8, 4) is 5.75 Å². The van der Waals surface area contributed by atoms with Crippen molar-refractivity contribution < 1.29 is 9.84 Å². The third-order valence-electron chi connectivity index (χ3n) is 3.13. The van der Waals surface area contributed by atoms with E-state index in [0.717, 1.165) is 26.2 Å². The molecule has 2 rings (SSSR count). The van der Waals surface area contributed by atoms with Gasteiger partial charge in [-0.1, -0.05) is 15.9 Å². The molecule has 1 N–H and O–H groups in total. The number of aryl methyl sites for hydroxylation is 1.